The molecule has 0 atom stereocenters. The van der Waals surface area contributed by atoms with Crippen molar-refractivity contribution in [1.29, 1.82) is 0 Å². The van der Waals surface area contributed by atoms with Gasteiger partial charge in [0.25, 0.3) is 0 Å². The van der Waals surface area contributed by atoms with Crippen LogP contribution in [0.25, 0.3) is 0 Å². The Bertz CT molecular complexity index is 515. The van der Waals surface area contributed by atoms with E-state index in [0.717, 1.165) is 18.9 Å². The van der Waals surface area contributed by atoms with Gasteiger partial charge in [-0.15, -0.1) is 11.3 Å². The Hall–Kier alpha value is -1.19. The van der Waals surface area contributed by atoms with Crippen molar-refractivity contribution in [3.63, 3.8) is 0 Å². The first-order valence-electron chi connectivity index (χ1n) is 6.54. The van der Waals surface area contributed by atoms with Crippen LogP contribution in [0.2, 0.25) is 0 Å². The van der Waals surface area contributed by atoms with Crippen molar-refractivity contribution >= 4 is 11.3 Å². The fourth-order valence-corrected chi connectivity index (χ4v) is 3.42. The zero-order chi connectivity index (χ0) is 12.4. The molecule has 0 bridgehead atoms. The van der Waals surface area contributed by atoms with Gasteiger partial charge in [-0.25, -0.2) is 4.98 Å². The number of aromatic nitrogens is 1. The molecule has 0 radical (unpaired) electrons. The molecule has 0 spiro atoms. The lowest BCUT2D eigenvalue weighted by Crippen LogP contribution is -2.05. The lowest BCUT2D eigenvalue weighted by Gasteiger charge is -1.97. The molecule has 1 aromatic carbocycles. The number of nitrogens with one attached hydrogen (secondary N) is 1. The third-order valence-electron chi connectivity index (χ3n) is 3.27. The number of rotatable bonds is 5. The monoisotopic (exact) mass is 258 g/mol. The fourth-order valence-electron chi connectivity index (χ4n) is 2.22. The lowest BCUT2D eigenvalue weighted by atomic mass is 10.2. The molecular formula is C15H18N2S. The van der Waals surface area contributed by atoms with Gasteiger partial charge in [-0.2, -0.15) is 0 Å². The van der Waals surface area contributed by atoms with E-state index in [1.54, 1.807) is 0 Å². The van der Waals surface area contributed by atoms with Crippen molar-refractivity contribution < 1.29 is 0 Å². The minimum Gasteiger partial charge on any atom is -0.315 e. The average Bonchev–Trinajstić information content (AvgIpc) is 3.15. The summed E-state index contributed by atoms with van der Waals surface area (Å²) in [6.07, 6.45) is 3.62. The quantitative estimate of drug-likeness (QED) is 0.890. The smallest absolute Gasteiger partial charge is 0.0975 e. The highest BCUT2D eigenvalue weighted by Crippen LogP contribution is 2.42. The van der Waals surface area contributed by atoms with Crippen LogP contribution in [0.3, 0.4) is 0 Å². The predicted octanol–water partition coefficient (Wildman–Crippen LogP) is 3.33. The van der Waals surface area contributed by atoms with Crippen LogP contribution < -0.4 is 5.32 Å². The summed E-state index contributed by atoms with van der Waals surface area (Å²) in [5, 5.41) is 4.51. The standard InChI is InChI=1S/C15H18N2S/c1-16-10-13-15(12-7-8-12)17-14(18-13)9-11-5-3-2-4-6-11/h2-6,12,16H,7-10H2,1H3. The van der Waals surface area contributed by atoms with E-state index in [-0.39, 0.29) is 0 Å². The molecule has 1 aliphatic carbocycles. The highest BCUT2D eigenvalue weighted by molar-refractivity contribution is 7.11. The van der Waals surface area contributed by atoms with Crippen LogP contribution in [0.5, 0.6) is 0 Å². The van der Waals surface area contributed by atoms with Crippen LogP contribution in [0.15, 0.2) is 30.3 Å². The summed E-state index contributed by atoms with van der Waals surface area (Å²) in [4.78, 5) is 6.30. The van der Waals surface area contributed by atoms with Crippen LogP contribution in [0.4, 0.5) is 0 Å². The first-order chi connectivity index (χ1) is 8.86. The third kappa shape index (κ3) is 2.62. The highest BCUT2D eigenvalue weighted by atomic mass is 32.1. The van der Waals surface area contributed by atoms with Gasteiger partial charge in [-0.1, -0.05) is 30.3 Å². The molecule has 1 aromatic heterocycles. The van der Waals surface area contributed by atoms with Crippen molar-refractivity contribution in [1.82, 2.24) is 10.3 Å². The zero-order valence-electron chi connectivity index (χ0n) is 10.6. The second-order valence-corrected chi connectivity index (χ2v) is 6.05. The summed E-state index contributed by atoms with van der Waals surface area (Å²) in [6, 6.07) is 10.6. The summed E-state index contributed by atoms with van der Waals surface area (Å²) in [5.74, 6) is 0.745. The molecule has 2 nitrogen and oxygen atoms in total. The Balaban J connectivity index is 1.82. The Morgan fingerprint density at radius 3 is 2.72 bits per heavy atom. The molecule has 18 heavy (non-hydrogen) atoms. The zero-order valence-corrected chi connectivity index (χ0v) is 11.5. The third-order valence-corrected chi connectivity index (χ3v) is 4.34. The van der Waals surface area contributed by atoms with Crippen LogP contribution in [-0.4, -0.2) is 12.0 Å². The maximum Gasteiger partial charge on any atom is 0.0975 e. The van der Waals surface area contributed by atoms with Crippen LogP contribution >= 0.6 is 11.3 Å². The molecule has 1 aliphatic rings. The molecule has 0 saturated heterocycles. The maximum absolute atomic E-state index is 4.86. The minimum atomic E-state index is 0.745. The van der Waals surface area contributed by atoms with Crippen LogP contribution in [0.1, 0.15) is 39.9 Å². The number of benzene rings is 1. The minimum absolute atomic E-state index is 0.745. The van der Waals surface area contributed by atoms with Gasteiger partial charge in [-0.05, 0) is 25.5 Å². The van der Waals surface area contributed by atoms with E-state index in [2.05, 4.69) is 35.6 Å². The van der Waals surface area contributed by atoms with Crippen LogP contribution in [-0.2, 0) is 13.0 Å². The second kappa shape index (κ2) is 5.21. The molecule has 3 heteroatoms. The average molecular weight is 258 g/mol. The summed E-state index contributed by atoms with van der Waals surface area (Å²) in [5.41, 5.74) is 2.71. The van der Waals surface area contributed by atoms with Gasteiger partial charge in [0, 0.05) is 23.8 Å². The summed E-state index contributed by atoms with van der Waals surface area (Å²) in [7, 11) is 2.01. The number of thiazole rings is 1. The SMILES string of the molecule is CNCc1sc(Cc2ccccc2)nc1C1CC1. The van der Waals surface area contributed by atoms with E-state index < -0.39 is 0 Å². The Morgan fingerprint density at radius 1 is 1.28 bits per heavy atom. The van der Waals surface area contributed by atoms with Crippen molar-refractivity contribution in [3.05, 3.63) is 51.5 Å². The maximum atomic E-state index is 4.86. The van der Waals surface area contributed by atoms with E-state index in [9.17, 15) is 0 Å². The molecule has 1 heterocycles. The molecule has 1 saturated carbocycles. The van der Waals surface area contributed by atoms with Gasteiger partial charge in [0.05, 0.1) is 10.7 Å². The van der Waals surface area contributed by atoms with Crippen LogP contribution in [0, 0.1) is 0 Å². The predicted molar refractivity (Wildman–Crippen MR) is 76.1 cm³/mol. The molecule has 0 aliphatic heterocycles. The van der Waals surface area contributed by atoms with Gasteiger partial charge in [-0.3, -0.25) is 0 Å². The Kier molecular flexibility index (Phi) is 3.43. The normalized spacial score (nSPS) is 14.9. The van der Waals surface area contributed by atoms with E-state index >= 15 is 0 Å². The second-order valence-electron chi connectivity index (χ2n) is 4.88. The van der Waals surface area contributed by atoms with Gasteiger partial charge < -0.3 is 5.32 Å². The molecule has 94 valence electrons. The molecule has 2 aromatic rings. The topological polar surface area (TPSA) is 24.9 Å². The largest absolute Gasteiger partial charge is 0.315 e. The van der Waals surface area contributed by atoms with E-state index in [4.69, 9.17) is 4.98 Å². The summed E-state index contributed by atoms with van der Waals surface area (Å²) >= 11 is 1.87. The lowest BCUT2D eigenvalue weighted by molar-refractivity contribution is 0.812. The Morgan fingerprint density at radius 2 is 2.06 bits per heavy atom. The van der Waals surface area contributed by atoms with Crippen molar-refractivity contribution in [2.24, 2.45) is 0 Å². The number of hydrogen-bond acceptors (Lipinski definition) is 3. The summed E-state index contributed by atoms with van der Waals surface area (Å²) < 4.78 is 0. The number of nitrogens with zero attached hydrogens (tertiary/aromatic N) is 1. The van der Waals surface area contributed by atoms with Crippen molar-refractivity contribution in [2.45, 2.75) is 31.7 Å². The van der Waals surface area contributed by atoms with Crippen molar-refractivity contribution in [3.8, 4) is 0 Å². The molecule has 3 rings (SSSR count). The molecule has 0 unspecified atom stereocenters. The fraction of sp³-hybridized carbons (Fsp3) is 0.400. The number of hydrogen-bond donors (Lipinski definition) is 1. The van der Waals surface area contributed by atoms with Gasteiger partial charge in [0.1, 0.15) is 0 Å². The van der Waals surface area contributed by atoms with E-state index in [1.807, 2.05) is 18.4 Å². The first-order valence-corrected chi connectivity index (χ1v) is 7.35. The summed E-state index contributed by atoms with van der Waals surface area (Å²) in [6.45, 7) is 0.957. The van der Waals surface area contributed by atoms with Crippen molar-refractivity contribution in [2.75, 3.05) is 7.05 Å². The highest BCUT2D eigenvalue weighted by Gasteiger charge is 2.29. The van der Waals surface area contributed by atoms with Gasteiger partial charge >= 0.3 is 0 Å². The van der Waals surface area contributed by atoms with E-state index in [1.165, 1.54) is 34.0 Å². The molecular weight excluding hydrogens is 240 g/mol. The van der Waals surface area contributed by atoms with E-state index in [0.29, 0.717) is 0 Å². The first kappa shape index (κ1) is 11.9. The van der Waals surface area contributed by atoms with Gasteiger partial charge in [0.15, 0.2) is 0 Å². The Labute approximate surface area is 112 Å². The van der Waals surface area contributed by atoms with Gasteiger partial charge in [0.2, 0.25) is 0 Å². The molecule has 1 fully saturated rings. The molecule has 1 N–H and O–H groups in total. The molecule has 0 amide bonds.